The second kappa shape index (κ2) is 4.37. The fourth-order valence-electron chi connectivity index (χ4n) is 2.17. The maximum atomic E-state index is 5.82. The van der Waals surface area contributed by atoms with Crippen molar-refractivity contribution in [3.63, 3.8) is 0 Å². The first-order valence-corrected chi connectivity index (χ1v) is 5.65. The lowest BCUT2D eigenvalue weighted by Crippen LogP contribution is -2.39. The third kappa shape index (κ3) is 2.41. The predicted molar refractivity (Wildman–Crippen MR) is 60.5 cm³/mol. The smallest absolute Gasteiger partial charge is 0.105 e. The number of hydrogen-bond donors (Lipinski definition) is 1. The number of likely N-dealkylation sites (N-methyl/N-ethyl adjacent to an activating group) is 1. The second-order valence-electron chi connectivity index (χ2n) is 4.56. The monoisotopic (exact) mass is 208 g/mol. The molecule has 1 heterocycles. The van der Waals surface area contributed by atoms with E-state index in [0.29, 0.717) is 6.04 Å². The molecule has 0 bridgehead atoms. The lowest BCUT2D eigenvalue weighted by molar-refractivity contribution is 0.214. The van der Waals surface area contributed by atoms with Crippen LogP contribution in [0.5, 0.6) is 0 Å². The van der Waals surface area contributed by atoms with E-state index in [-0.39, 0.29) is 0 Å². The first-order valence-electron chi connectivity index (χ1n) is 5.65. The number of aryl methyl sites for hydroxylation is 1. The standard InChI is InChI=1S/C12H20N2O/c1-9-11(5-6-15-9)8-14(2)12(7-13)10-3-4-10/h5-6,10,12H,3-4,7-8,13H2,1-2H3. The van der Waals surface area contributed by atoms with E-state index < -0.39 is 0 Å². The van der Waals surface area contributed by atoms with Crippen LogP contribution in [0.1, 0.15) is 24.2 Å². The molecule has 3 nitrogen and oxygen atoms in total. The van der Waals surface area contributed by atoms with Crippen molar-refractivity contribution < 1.29 is 4.42 Å². The molecular weight excluding hydrogens is 188 g/mol. The fourth-order valence-corrected chi connectivity index (χ4v) is 2.17. The van der Waals surface area contributed by atoms with Crippen molar-refractivity contribution in [2.75, 3.05) is 13.6 Å². The molecule has 0 aliphatic heterocycles. The molecule has 1 aromatic heterocycles. The number of furan rings is 1. The van der Waals surface area contributed by atoms with Crippen LogP contribution in [0.4, 0.5) is 0 Å². The molecule has 1 unspecified atom stereocenters. The molecule has 15 heavy (non-hydrogen) atoms. The Balaban J connectivity index is 1.95. The topological polar surface area (TPSA) is 42.4 Å². The van der Waals surface area contributed by atoms with E-state index in [4.69, 9.17) is 10.2 Å². The van der Waals surface area contributed by atoms with Crippen LogP contribution in [0.25, 0.3) is 0 Å². The summed E-state index contributed by atoms with van der Waals surface area (Å²) in [5.74, 6) is 1.85. The number of nitrogens with zero attached hydrogens (tertiary/aromatic N) is 1. The van der Waals surface area contributed by atoms with E-state index >= 15 is 0 Å². The minimum Gasteiger partial charge on any atom is -0.469 e. The Morgan fingerprint density at radius 3 is 2.80 bits per heavy atom. The van der Waals surface area contributed by atoms with Gasteiger partial charge in [-0.05, 0) is 38.8 Å². The Labute approximate surface area is 91.2 Å². The summed E-state index contributed by atoms with van der Waals surface area (Å²) in [7, 11) is 2.16. The van der Waals surface area contributed by atoms with Gasteiger partial charge in [0.15, 0.2) is 0 Å². The summed E-state index contributed by atoms with van der Waals surface area (Å²) in [5, 5.41) is 0. The van der Waals surface area contributed by atoms with E-state index in [1.54, 1.807) is 6.26 Å². The van der Waals surface area contributed by atoms with Gasteiger partial charge >= 0.3 is 0 Å². The zero-order valence-corrected chi connectivity index (χ0v) is 9.57. The minimum absolute atomic E-state index is 0.541. The van der Waals surface area contributed by atoms with Crippen LogP contribution in [0, 0.1) is 12.8 Å². The van der Waals surface area contributed by atoms with Crippen LogP contribution in [-0.2, 0) is 6.54 Å². The highest BCUT2D eigenvalue weighted by Gasteiger charge is 2.32. The van der Waals surface area contributed by atoms with Gasteiger partial charge in [0.1, 0.15) is 5.76 Å². The lowest BCUT2D eigenvalue weighted by Gasteiger charge is -2.26. The molecule has 1 aliphatic rings. The molecule has 2 N–H and O–H groups in total. The van der Waals surface area contributed by atoms with E-state index in [0.717, 1.165) is 24.8 Å². The van der Waals surface area contributed by atoms with Gasteiger partial charge in [-0.15, -0.1) is 0 Å². The average Bonchev–Trinajstić information content (AvgIpc) is 2.95. The number of rotatable bonds is 5. The summed E-state index contributed by atoms with van der Waals surface area (Å²) in [5.41, 5.74) is 7.09. The van der Waals surface area contributed by atoms with Crippen LogP contribution in [0.15, 0.2) is 16.7 Å². The highest BCUT2D eigenvalue weighted by molar-refractivity contribution is 5.15. The molecule has 3 heteroatoms. The van der Waals surface area contributed by atoms with E-state index in [9.17, 15) is 0 Å². The van der Waals surface area contributed by atoms with Crippen molar-refractivity contribution in [3.8, 4) is 0 Å². The van der Waals surface area contributed by atoms with E-state index in [1.807, 2.05) is 13.0 Å². The average molecular weight is 208 g/mol. The van der Waals surface area contributed by atoms with Crippen molar-refractivity contribution >= 4 is 0 Å². The summed E-state index contributed by atoms with van der Waals surface area (Å²) in [4.78, 5) is 2.36. The highest BCUT2D eigenvalue weighted by atomic mass is 16.3. The zero-order chi connectivity index (χ0) is 10.8. The minimum atomic E-state index is 0.541. The molecule has 0 amide bonds. The summed E-state index contributed by atoms with van der Waals surface area (Å²) >= 11 is 0. The van der Waals surface area contributed by atoms with E-state index in [2.05, 4.69) is 11.9 Å². The third-order valence-corrected chi connectivity index (χ3v) is 3.36. The molecule has 0 aromatic carbocycles. The van der Waals surface area contributed by atoms with Crippen molar-refractivity contribution in [3.05, 3.63) is 23.7 Å². The summed E-state index contributed by atoms with van der Waals surface area (Å²) in [6.07, 6.45) is 4.44. The van der Waals surface area contributed by atoms with Gasteiger partial charge < -0.3 is 10.2 Å². The van der Waals surface area contributed by atoms with Gasteiger partial charge in [-0.25, -0.2) is 0 Å². The Morgan fingerprint density at radius 1 is 1.60 bits per heavy atom. The molecular formula is C12H20N2O. The van der Waals surface area contributed by atoms with Crippen LogP contribution in [0.2, 0.25) is 0 Å². The van der Waals surface area contributed by atoms with Crippen molar-refractivity contribution in [2.24, 2.45) is 11.7 Å². The first kappa shape index (κ1) is 10.7. The van der Waals surface area contributed by atoms with Crippen molar-refractivity contribution in [1.82, 2.24) is 4.90 Å². The van der Waals surface area contributed by atoms with Crippen LogP contribution >= 0.6 is 0 Å². The van der Waals surface area contributed by atoms with Gasteiger partial charge in [-0.1, -0.05) is 0 Å². The largest absolute Gasteiger partial charge is 0.469 e. The molecule has 0 radical (unpaired) electrons. The number of hydrogen-bond acceptors (Lipinski definition) is 3. The molecule has 2 rings (SSSR count). The normalized spacial score (nSPS) is 18.4. The molecule has 1 saturated carbocycles. The maximum absolute atomic E-state index is 5.82. The second-order valence-corrected chi connectivity index (χ2v) is 4.56. The number of nitrogens with two attached hydrogens (primary N) is 1. The summed E-state index contributed by atoms with van der Waals surface area (Å²) < 4.78 is 5.30. The SMILES string of the molecule is Cc1occc1CN(C)C(CN)C1CC1. The Morgan fingerprint density at radius 2 is 2.33 bits per heavy atom. The van der Waals surface area contributed by atoms with Gasteiger partial charge in [0.25, 0.3) is 0 Å². The maximum Gasteiger partial charge on any atom is 0.105 e. The molecule has 1 aliphatic carbocycles. The molecule has 0 spiro atoms. The zero-order valence-electron chi connectivity index (χ0n) is 9.57. The van der Waals surface area contributed by atoms with Gasteiger partial charge in [0, 0.05) is 24.7 Å². The Kier molecular flexibility index (Phi) is 3.12. The predicted octanol–water partition coefficient (Wildman–Crippen LogP) is 1.76. The van der Waals surface area contributed by atoms with Gasteiger partial charge in [0.05, 0.1) is 6.26 Å². The molecule has 84 valence electrons. The molecule has 0 saturated heterocycles. The fraction of sp³-hybridized carbons (Fsp3) is 0.667. The van der Waals surface area contributed by atoms with Gasteiger partial charge in [0.2, 0.25) is 0 Å². The van der Waals surface area contributed by atoms with Gasteiger partial charge in [-0.2, -0.15) is 0 Å². The first-order chi connectivity index (χ1) is 7.22. The Bertz CT molecular complexity index is 317. The van der Waals surface area contributed by atoms with E-state index in [1.165, 1.54) is 18.4 Å². The van der Waals surface area contributed by atoms with Crippen molar-refractivity contribution in [2.45, 2.75) is 32.4 Å². The van der Waals surface area contributed by atoms with Crippen molar-refractivity contribution in [1.29, 1.82) is 0 Å². The van der Waals surface area contributed by atoms with Crippen LogP contribution < -0.4 is 5.73 Å². The van der Waals surface area contributed by atoms with Crippen LogP contribution in [-0.4, -0.2) is 24.5 Å². The summed E-state index contributed by atoms with van der Waals surface area (Å²) in [6, 6.07) is 2.59. The molecule has 1 atom stereocenters. The molecule has 1 fully saturated rings. The van der Waals surface area contributed by atoms with Crippen LogP contribution in [0.3, 0.4) is 0 Å². The lowest BCUT2D eigenvalue weighted by atomic mass is 10.1. The quantitative estimate of drug-likeness (QED) is 0.801. The highest BCUT2D eigenvalue weighted by Crippen LogP contribution is 2.35. The third-order valence-electron chi connectivity index (χ3n) is 3.36. The Hall–Kier alpha value is -0.800. The summed E-state index contributed by atoms with van der Waals surface area (Å²) in [6.45, 7) is 3.72. The van der Waals surface area contributed by atoms with Gasteiger partial charge in [-0.3, -0.25) is 4.90 Å². The molecule has 1 aromatic rings.